The number of rotatable bonds is 8. The zero-order chi connectivity index (χ0) is 27.8. The average molecular weight is 571 g/mol. The molecule has 3 rings (SSSR count). The third kappa shape index (κ3) is 5.98. The summed E-state index contributed by atoms with van der Waals surface area (Å²) in [4.78, 5) is 27.2. The Bertz CT molecular complexity index is 1260. The SMILES string of the molecule is CCC(CS(=O)(=O)C(C)(C)C)N1C(=O)[C@@H](CC(=O)O)OC(c2cccc(Cl)c2)[C@@]1(C)c1ccc(Cl)cc1. The van der Waals surface area contributed by atoms with Crippen LogP contribution in [0.1, 0.15) is 64.7 Å². The molecular formula is C27H33Cl2NO6S. The Kier molecular flexibility index (Phi) is 8.69. The van der Waals surface area contributed by atoms with Gasteiger partial charge in [0.2, 0.25) is 0 Å². The summed E-state index contributed by atoms with van der Waals surface area (Å²) < 4.78 is 31.9. The molecule has 0 saturated carbocycles. The molecule has 202 valence electrons. The lowest BCUT2D eigenvalue weighted by Gasteiger charge is -2.55. The van der Waals surface area contributed by atoms with E-state index >= 15 is 0 Å². The second-order valence-electron chi connectivity index (χ2n) is 10.5. The number of ether oxygens (including phenoxy) is 1. The van der Waals surface area contributed by atoms with Gasteiger partial charge in [-0.15, -0.1) is 0 Å². The Morgan fingerprint density at radius 2 is 1.76 bits per heavy atom. The van der Waals surface area contributed by atoms with Crippen molar-refractivity contribution in [1.82, 2.24) is 4.90 Å². The lowest BCUT2D eigenvalue weighted by Crippen LogP contribution is -2.65. The van der Waals surface area contributed by atoms with Crippen LogP contribution in [0.4, 0.5) is 0 Å². The molecule has 37 heavy (non-hydrogen) atoms. The van der Waals surface area contributed by atoms with Crippen molar-refractivity contribution in [3.8, 4) is 0 Å². The van der Waals surface area contributed by atoms with E-state index in [-0.39, 0.29) is 5.75 Å². The van der Waals surface area contributed by atoms with Crippen LogP contribution >= 0.6 is 23.2 Å². The number of hydrogen-bond acceptors (Lipinski definition) is 5. The van der Waals surface area contributed by atoms with Crippen molar-refractivity contribution < 1.29 is 27.9 Å². The summed E-state index contributed by atoms with van der Waals surface area (Å²) in [6.07, 6.45) is -2.40. The third-order valence-corrected chi connectivity index (χ3v) is 10.1. The van der Waals surface area contributed by atoms with E-state index in [0.29, 0.717) is 27.6 Å². The van der Waals surface area contributed by atoms with Crippen LogP contribution < -0.4 is 0 Å². The molecule has 10 heteroatoms. The fraction of sp³-hybridized carbons (Fsp3) is 0.481. The standard InChI is InChI=1S/C27H33Cl2NO6S/c1-6-21(16-37(34,35)26(2,3)4)30-25(33)22(15-23(31)32)36-24(17-8-7-9-20(29)14-17)27(30,5)18-10-12-19(28)13-11-18/h7-14,21-22,24H,6,15-16H2,1-5H3,(H,31,32)/t21?,22-,24?,27-/m1/s1. The quantitative estimate of drug-likeness (QED) is 0.441. The molecular weight excluding hydrogens is 537 g/mol. The van der Waals surface area contributed by atoms with Crippen LogP contribution in [0, 0.1) is 0 Å². The summed E-state index contributed by atoms with van der Waals surface area (Å²) in [5, 5.41) is 10.5. The highest BCUT2D eigenvalue weighted by Crippen LogP contribution is 2.49. The summed E-state index contributed by atoms with van der Waals surface area (Å²) in [7, 11) is -3.64. The molecule has 1 aliphatic rings. The molecule has 2 unspecified atom stereocenters. The number of sulfone groups is 1. The number of hydrogen-bond donors (Lipinski definition) is 1. The van der Waals surface area contributed by atoms with Crippen molar-refractivity contribution in [3.63, 3.8) is 0 Å². The molecule has 1 N–H and O–H groups in total. The number of nitrogens with zero attached hydrogens (tertiary/aromatic N) is 1. The number of amides is 1. The summed E-state index contributed by atoms with van der Waals surface area (Å²) >= 11 is 12.5. The van der Waals surface area contributed by atoms with Crippen molar-refractivity contribution in [2.75, 3.05) is 5.75 Å². The molecule has 1 fully saturated rings. The van der Waals surface area contributed by atoms with Gasteiger partial charge in [0.25, 0.3) is 5.91 Å². The fourth-order valence-electron chi connectivity index (χ4n) is 4.75. The predicted octanol–water partition coefficient (Wildman–Crippen LogP) is 5.64. The van der Waals surface area contributed by atoms with E-state index in [1.54, 1.807) is 69.3 Å². The van der Waals surface area contributed by atoms with Crippen molar-refractivity contribution >= 4 is 44.9 Å². The molecule has 0 aliphatic carbocycles. The average Bonchev–Trinajstić information content (AvgIpc) is 2.79. The van der Waals surface area contributed by atoms with Crippen molar-refractivity contribution in [3.05, 3.63) is 69.7 Å². The van der Waals surface area contributed by atoms with E-state index in [1.807, 2.05) is 13.8 Å². The van der Waals surface area contributed by atoms with Gasteiger partial charge in [0, 0.05) is 16.1 Å². The summed E-state index contributed by atoms with van der Waals surface area (Å²) in [6.45, 7) is 8.49. The maximum atomic E-state index is 14.0. The summed E-state index contributed by atoms with van der Waals surface area (Å²) in [5.74, 6) is -2.06. The van der Waals surface area contributed by atoms with Crippen LogP contribution in [-0.2, 0) is 29.7 Å². The zero-order valence-corrected chi connectivity index (χ0v) is 23.9. The summed E-state index contributed by atoms with van der Waals surface area (Å²) in [6, 6.07) is 13.1. The molecule has 4 atom stereocenters. The highest BCUT2D eigenvalue weighted by molar-refractivity contribution is 7.92. The first-order chi connectivity index (χ1) is 17.1. The highest BCUT2D eigenvalue weighted by atomic mass is 35.5. The van der Waals surface area contributed by atoms with Gasteiger partial charge in [-0.3, -0.25) is 9.59 Å². The van der Waals surface area contributed by atoms with Gasteiger partial charge in [0.15, 0.2) is 9.84 Å². The Morgan fingerprint density at radius 3 is 2.27 bits per heavy atom. The highest BCUT2D eigenvalue weighted by Gasteiger charge is 2.55. The second-order valence-corrected chi connectivity index (χ2v) is 14.1. The van der Waals surface area contributed by atoms with Crippen LogP contribution in [0.3, 0.4) is 0 Å². The summed E-state index contributed by atoms with van der Waals surface area (Å²) in [5.41, 5.74) is 0.0806. The van der Waals surface area contributed by atoms with Crippen LogP contribution in [0.5, 0.6) is 0 Å². The van der Waals surface area contributed by atoms with Gasteiger partial charge < -0.3 is 14.7 Å². The Labute approximate surface area is 228 Å². The smallest absolute Gasteiger partial charge is 0.306 e. The minimum atomic E-state index is -3.64. The van der Waals surface area contributed by atoms with Gasteiger partial charge in [-0.2, -0.15) is 0 Å². The minimum Gasteiger partial charge on any atom is -0.481 e. The Hall–Kier alpha value is -2.13. The molecule has 7 nitrogen and oxygen atoms in total. The number of carboxylic acids is 1. The zero-order valence-electron chi connectivity index (χ0n) is 21.6. The Morgan fingerprint density at radius 1 is 1.14 bits per heavy atom. The second kappa shape index (κ2) is 10.9. The van der Waals surface area contributed by atoms with Gasteiger partial charge in [-0.25, -0.2) is 8.42 Å². The number of carbonyl (C=O) groups excluding carboxylic acids is 1. The maximum Gasteiger partial charge on any atom is 0.306 e. The first-order valence-corrected chi connectivity index (χ1v) is 14.5. The number of morpholine rings is 1. The predicted molar refractivity (Wildman–Crippen MR) is 145 cm³/mol. The molecule has 0 aromatic heterocycles. The van der Waals surface area contributed by atoms with E-state index < -0.39 is 56.7 Å². The number of benzene rings is 2. The van der Waals surface area contributed by atoms with E-state index in [9.17, 15) is 23.1 Å². The molecule has 1 saturated heterocycles. The van der Waals surface area contributed by atoms with E-state index in [1.165, 1.54) is 4.90 Å². The molecule has 0 bridgehead atoms. The number of halogens is 2. The molecule has 1 heterocycles. The maximum absolute atomic E-state index is 14.0. The van der Waals surface area contributed by atoms with Gasteiger partial charge in [-0.05, 0) is 69.5 Å². The van der Waals surface area contributed by atoms with Crippen LogP contribution in [0.2, 0.25) is 10.0 Å². The number of carboxylic acid groups (broad SMARTS) is 1. The first kappa shape index (κ1) is 29.4. The molecule has 1 amide bonds. The monoisotopic (exact) mass is 569 g/mol. The molecule has 0 radical (unpaired) electrons. The first-order valence-electron chi connectivity index (χ1n) is 12.1. The molecule has 2 aromatic rings. The molecule has 2 aromatic carbocycles. The fourth-order valence-corrected chi connectivity index (χ4v) is 6.46. The van der Waals surface area contributed by atoms with Crippen molar-refractivity contribution in [2.24, 2.45) is 0 Å². The van der Waals surface area contributed by atoms with Crippen LogP contribution in [0.25, 0.3) is 0 Å². The van der Waals surface area contributed by atoms with E-state index in [2.05, 4.69) is 0 Å². The van der Waals surface area contributed by atoms with Gasteiger partial charge in [0.1, 0.15) is 12.2 Å². The van der Waals surface area contributed by atoms with Gasteiger partial charge in [0.05, 0.1) is 22.5 Å². The van der Waals surface area contributed by atoms with Gasteiger partial charge in [-0.1, -0.05) is 54.4 Å². The molecule has 1 aliphatic heterocycles. The number of carbonyl (C=O) groups is 2. The van der Waals surface area contributed by atoms with Gasteiger partial charge >= 0.3 is 5.97 Å². The lowest BCUT2D eigenvalue weighted by atomic mass is 9.78. The van der Waals surface area contributed by atoms with Crippen LogP contribution in [-0.4, -0.2) is 52.9 Å². The Balaban J connectivity index is 2.30. The minimum absolute atomic E-state index is 0.288. The number of aliphatic carboxylic acids is 1. The largest absolute Gasteiger partial charge is 0.481 e. The topological polar surface area (TPSA) is 101 Å². The lowest BCUT2D eigenvalue weighted by molar-refractivity contribution is -0.200. The van der Waals surface area contributed by atoms with Crippen LogP contribution in [0.15, 0.2) is 48.5 Å². The van der Waals surface area contributed by atoms with Crippen molar-refractivity contribution in [1.29, 1.82) is 0 Å². The molecule has 0 spiro atoms. The van der Waals surface area contributed by atoms with Crippen molar-refractivity contribution in [2.45, 2.75) is 76.0 Å². The van der Waals surface area contributed by atoms with E-state index in [0.717, 1.165) is 0 Å². The van der Waals surface area contributed by atoms with E-state index in [4.69, 9.17) is 27.9 Å². The normalized spacial score (nSPS) is 23.6. The third-order valence-electron chi connectivity index (χ3n) is 6.95.